The van der Waals surface area contributed by atoms with Crippen LogP contribution in [-0.2, 0) is 0 Å². The molecule has 1 rings (SSSR count). The summed E-state index contributed by atoms with van der Waals surface area (Å²) in [6.07, 6.45) is -11.2. The van der Waals surface area contributed by atoms with Crippen LogP contribution in [0.25, 0.3) is 0 Å². The zero-order valence-electron chi connectivity index (χ0n) is 8.47. The second kappa shape index (κ2) is 4.68. The molecule has 0 N–H and O–H groups in total. The van der Waals surface area contributed by atoms with Crippen molar-refractivity contribution >= 4 is 11.4 Å². The van der Waals surface area contributed by atoms with Gasteiger partial charge in [-0.25, -0.2) is 4.99 Å². The largest absolute Gasteiger partial charge is 0.438 e. The van der Waals surface area contributed by atoms with Crippen molar-refractivity contribution in [2.75, 3.05) is 0 Å². The number of nitrogens with zero attached hydrogens (tertiary/aromatic N) is 2. The fourth-order valence-electron chi connectivity index (χ4n) is 1.06. The van der Waals surface area contributed by atoms with Crippen molar-refractivity contribution in [3.05, 3.63) is 29.8 Å². The van der Waals surface area contributed by atoms with Gasteiger partial charge in [0.05, 0.1) is 17.3 Å². The van der Waals surface area contributed by atoms with Gasteiger partial charge in [-0.3, -0.25) is 0 Å². The minimum absolute atomic E-state index is 0.0834. The van der Waals surface area contributed by atoms with E-state index in [1.165, 1.54) is 6.07 Å². The van der Waals surface area contributed by atoms with Gasteiger partial charge in [-0.2, -0.15) is 31.6 Å². The van der Waals surface area contributed by atoms with Crippen LogP contribution in [0.5, 0.6) is 0 Å². The van der Waals surface area contributed by atoms with Gasteiger partial charge >= 0.3 is 12.4 Å². The smallest absolute Gasteiger partial charge is 0.240 e. The van der Waals surface area contributed by atoms with Crippen LogP contribution in [0.15, 0.2) is 29.3 Å². The number of halogens is 6. The molecule has 0 fully saturated rings. The maximum absolute atomic E-state index is 12.2. The normalized spacial score (nSPS) is 11.8. The van der Waals surface area contributed by atoms with Gasteiger partial charge in [0.1, 0.15) is 0 Å². The van der Waals surface area contributed by atoms with Crippen molar-refractivity contribution in [1.82, 2.24) is 0 Å². The van der Waals surface area contributed by atoms with Crippen molar-refractivity contribution in [2.45, 2.75) is 12.4 Å². The molecule has 0 aromatic heterocycles. The molecule has 0 saturated heterocycles. The zero-order chi connectivity index (χ0) is 14.0. The molecule has 0 aliphatic rings. The summed E-state index contributed by atoms with van der Waals surface area (Å²) < 4.78 is 73.0. The van der Waals surface area contributed by atoms with Gasteiger partial charge in [-0.1, -0.05) is 6.07 Å². The molecule has 0 saturated carbocycles. The van der Waals surface area contributed by atoms with E-state index in [2.05, 4.69) is 4.99 Å². The Balaban J connectivity index is 3.30. The molecule has 0 amide bonds. The molecule has 2 nitrogen and oxygen atoms in total. The molecule has 0 radical (unpaired) electrons. The van der Waals surface area contributed by atoms with E-state index >= 15 is 0 Å². The first-order chi connectivity index (χ1) is 8.14. The van der Waals surface area contributed by atoms with Crippen LogP contribution in [0.4, 0.5) is 32.0 Å². The molecule has 18 heavy (non-hydrogen) atoms. The van der Waals surface area contributed by atoms with Gasteiger partial charge < -0.3 is 0 Å². The predicted molar refractivity (Wildman–Crippen MR) is 50.4 cm³/mol. The monoisotopic (exact) mass is 266 g/mol. The molecule has 0 spiro atoms. The van der Waals surface area contributed by atoms with Crippen molar-refractivity contribution in [3.63, 3.8) is 0 Å². The quantitative estimate of drug-likeness (QED) is 0.563. The molecule has 96 valence electrons. The average Bonchev–Trinajstić information content (AvgIpc) is 2.23. The maximum atomic E-state index is 12.2. The molecule has 0 aliphatic carbocycles. The Morgan fingerprint density at radius 3 is 2.06 bits per heavy atom. The standard InChI is InChI=1S/C10H4F6N2/c11-9(12,13)8(10(14,15)16)18-7-3-1-2-6(4-7)5-17/h1-4H. The van der Waals surface area contributed by atoms with E-state index in [9.17, 15) is 26.3 Å². The molecule has 0 heterocycles. The molecule has 1 aromatic rings. The van der Waals surface area contributed by atoms with Crippen molar-refractivity contribution in [3.8, 4) is 6.07 Å². The van der Waals surface area contributed by atoms with Gasteiger partial charge in [-0.15, -0.1) is 0 Å². The van der Waals surface area contributed by atoms with E-state index in [0.717, 1.165) is 18.2 Å². The lowest BCUT2D eigenvalue weighted by atomic mass is 10.2. The van der Waals surface area contributed by atoms with Gasteiger partial charge in [0.25, 0.3) is 0 Å². The lowest BCUT2D eigenvalue weighted by Gasteiger charge is -2.13. The molecule has 0 aliphatic heterocycles. The number of nitriles is 1. The molecule has 1 aromatic carbocycles. The van der Waals surface area contributed by atoms with E-state index in [4.69, 9.17) is 5.26 Å². The summed E-state index contributed by atoms with van der Waals surface area (Å²) in [5, 5.41) is 8.47. The average molecular weight is 266 g/mol. The lowest BCUT2D eigenvalue weighted by molar-refractivity contribution is -0.117. The molecule has 8 heteroatoms. The fourth-order valence-corrected chi connectivity index (χ4v) is 1.06. The van der Waals surface area contributed by atoms with Crippen LogP contribution in [0.1, 0.15) is 5.56 Å². The van der Waals surface area contributed by atoms with E-state index < -0.39 is 23.8 Å². The van der Waals surface area contributed by atoms with Crippen LogP contribution < -0.4 is 0 Å². The second-order valence-corrected chi connectivity index (χ2v) is 3.12. The van der Waals surface area contributed by atoms with Gasteiger partial charge in [0.15, 0.2) is 0 Å². The summed E-state index contributed by atoms with van der Waals surface area (Å²) in [5.74, 6) is 0. The number of hydrogen-bond acceptors (Lipinski definition) is 2. The Morgan fingerprint density at radius 1 is 1.06 bits per heavy atom. The maximum Gasteiger partial charge on any atom is 0.438 e. The summed E-state index contributed by atoms with van der Waals surface area (Å²) in [7, 11) is 0. The molecule has 0 bridgehead atoms. The van der Waals surface area contributed by atoms with Crippen molar-refractivity contribution in [1.29, 1.82) is 5.26 Å². The summed E-state index contributed by atoms with van der Waals surface area (Å²) in [5.41, 5.74) is -3.52. The summed E-state index contributed by atoms with van der Waals surface area (Å²) in [6, 6.07) is 5.74. The highest BCUT2D eigenvalue weighted by atomic mass is 19.4. The van der Waals surface area contributed by atoms with Crippen molar-refractivity contribution < 1.29 is 26.3 Å². The third-order valence-corrected chi connectivity index (χ3v) is 1.75. The second-order valence-electron chi connectivity index (χ2n) is 3.12. The van der Waals surface area contributed by atoms with Crippen LogP contribution in [0, 0.1) is 11.3 Å². The Kier molecular flexibility index (Phi) is 3.65. The summed E-state index contributed by atoms with van der Waals surface area (Å²) >= 11 is 0. The minimum Gasteiger partial charge on any atom is -0.240 e. The number of aliphatic imine (C=N–C) groups is 1. The van der Waals surface area contributed by atoms with E-state index in [1.807, 2.05) is 0 Å². The lowest BCUT2D eigenvalue weighted by Crippen LogP contribution is -2.36. The van der Waals surface area contributed by atoms with Crippen LogP contribution in [0.3, 0.4) is 0 Å². The van der Waals surface area contributed by atoms with Crippen LogP contribution in [0.2, 0.25) is 0 Å². The first-order valence-electron chi connectivity index (χ1n) is 4.38. The Hall–Kier alpha value is -2.04. The highest BCUT2D eigenvalue weighted by Gasteiger charge is 2.53. The SMILES string of the molecule is N#Cc1cccc(N=C(C(F)(F)F)C(F)(F)F)c1. The van der Waals surface area contributed by atoms with Gasteiger partial charge in [0.2, 0.25) is 5.71 Å². The fraction of sp³-hybridized carbons (Fsp3) is 0.200. The van der Waals surface area contributed by atoms with Gasteiger partial charge in [-0.05, 0) is 18.2 Å². The highest BCUT2D eigenvalue weighted by molar-refractivity contribution is 5.96. The molecule has 0 atom stereocenters. The minimum atomic E-state index is -5.61. The Labute approximate surface area is 97.2 Å². The third-order valence-electron chi connectivity index (χ3n) is 1.75. The first-order valence-corrected chi connectivity index (χ1v) is 4.38. The van der Waals surface area contributed by atoms with E-state index in [0.29, 0.717) is 0 Å². The highest BCUT2D eigenvalue weighted by Crippen LogP contribution is 2.32. The molecular weight excluding hydrogens is 262 g/mol. The number of hydrogen-bond donors (Lipinski definition) is 0. The van der Waals surface area contributed by atoms with Crippen LogP contribution in [-0.4, -0.2) is 18.1 Å². The topological polar surface area (TPSA) is 36.1 Å². The van der Waals surface area contributed by atoms with E-state index in [1.54, 1.807) is 6.07 Å². The van der Waals surface area contributed by atoms with Gasteiger partial charge in [0, 0.05) is 0 Å². The summed E-state index contributed by atoms with van der Waals surface area (Å²) in [4.78, 5) is 2.53. The molecule has 0 unspecified atom stereocenters. The number of alkyl halides is 6. The Bertz CT molecular complexity index is 490. The van der Waals surface area contributed by atoms with Crippen molar-refractivity contribution in [2.24, 2.45) is 4.99 Å². The molecular formula is C10H4F6N2. The Morgan fingerprint density at radius 2 is 1.61 bits per heavy atom. The first kappa shape index (κ1) is 14.0. The number of benzene rings is 1. The third kappa shape index (κ3) is 3.48. The van der Waals surface area contributed by atoms with E-state index in [-0.39, 0.29) is 5.56 Å². The predicted octanol–water partition coefficient (Wildman–Crippen LogP) is 3.76. The number of rotatable bonds is 1. The van der Waals surface area contributed by atoms with Crippen LogP contribution >= 0.6 is 0 Å². The summed E-state index contributed by atoms with van der Waals surface area (Å²) in [6.45, 7) is 0. The zero-order valence-corrected chi connectivity index (χ0v) is 8.47.